The zero-order valence-corrected chi connectivity index (χ0v) is 19.6. The minimum atomic E-state index is -0.313. The Labute approximate surface area is 205 Å². The van der Waals surface area contributed by atoms with Crippen LogP contribution in [0.4, 0.5) is 5.69 Å². The molecule has 0 saturated heterocycles. The van der Waals surface area contributed by atoms with Crippen molar-refractivity contribution in [2.45, 2.75) is 38.6 Å². The van der Waals surface area contributed by atoms with Crippen LogP contribution in [0.3, 0.4) is 0 Å². The molecule has 0 radical (unpaired) electrons. The van der Waals surface area contributed by atoms with Crippen LogP contribution in [0.5, 0.6) is 5.75 Å². The van der Waals surface area contributed by atoms with Gasteiger partial charge >= 0.3 is 0 Å². The highest BCUT2D eigenvalue weighted by Crippen LogP contribution is 2.38. The van der Waals surface area contributed by atoms with Crippen LogP contribution < -0.4 is 10.1 Å². The van der Waals surface area contributed by atoms with Crippen molar-refractivity contribution in [3.63, 3.8) is 0 Å². The molecular formula is C30H27N3O2. The zero-order valence-electron chi connectivity index (χ0n) is 19.6. The van der Waals surface area contributed by atoms with Crippen LogP contribution in [-0.2, 0) is 4.74 Å². The molecule has 3 aliphatic rings. The third kappa shape index (κ3) is 4.26. The van der Waals surface area contributed by atoms with Gasteiger partial charge in [-0.2, -0.15) is 0 Å². The summed E-state index contributed by atoms with van der Waals surface area (Å²) < 4.78 is 12.2. The summed E-state index contributed by atoms with van der Waals surface area (Å²) in [6.07, 6.45) is 6.68. The van der Waals surface area contributed by atoms with Crippen LogP contribution in [0.1, 0.15) is 60.9 Å². The fourth-order valence-corrected chi connectivity index (χ4v) is 4.75. The highest BCUT2D eigenvalue weighted by Gasteiger charge is 2.27. The zero-order chi connectivity index (χ0) is 23.8. The maximum Gasteiger partial charge on any atom is 0.216 e. The normalized spacial score (nSPS) is 20.5. The van der Waals surface area contributed by atoms with E-state index in [2.05, 4.69) is 29.6 Å². The lowest BCUT2D eigenvalue weighted by Crippen LogP contribution is -2.10. The summed E-state index contributed by atoms with van der Waals surface area (Å²) in [4.78, 5) is 4.77. The van der Waals surface area contributed by atoms with Crippen LogP contribution in [0, 0.1) is 5.41 Å². The van der Waals surface area contributed by atoms with Gasteiger partial charge in [-0.25, -0.2) is 4.99 Å². The molecule has 2 N–H and O–H groups in total. The summed E-state index contributed by atoms with van der Waals surface area (Å²) in [6, 6.07) is 24.2. The lowest BCUT2D eigenvalue weighted by Gasteiger charge is -2.14. The molecule has 0 saturated carbocycles. The topological polar surface area (TPSA) is 66.7 Å². The molecule has 2 unspecified atom stereocenters. The van der Waals surface area contributed by atoms with Crippen molar-refractivity contribution in [3.8, 4) is 5.75 Å². The Kier molecular flexibility index (Phi) is 5.45. The number of hydrogen-bond donors (Lipinski definition) is 2. The highest BCUT2D eigenvalue weighted by atomic mass is 16.5. The molecule has 0 fully saturated rings. The van der Waals surface area contributed by atoms with Gasteiger partial charge in [-0.3, -0.25) is 0 Å². The van der Waals surface area contributed by atoms with E-state index < -0.39 is 0 Å². The largest absolute Gasteiger partial charge is 0.464 e. The van der Waals surface area contributed by atoms with E-state index in [0.29, 0.717) is 5.71 Å². The lowest BCUT2D eigenvalue weighted by molar-refractivity contribution is 0.157. The van der Waals surface area contributed by atoms with E-state index in [1.54, 1.807) is 0 Å². The van der Waals surface area contributed by atoms with Crippen LogP contribution >= 0.6 is 0 Å². The third-order valence-corrected chi connectivity index (χ3v) is 6.65. The first-order chi connectivity index (χ1) is 17.1. The second-order valence-corrected chi connectivity index (χ2v) is 9.14. The second kappa shape index (κ2) is 8.91. The van der Waals surface area contributed by atoms with E-state index in [4.69, 9.17) is 19.9 Å². The Hall–Kier alpha value is -4.12. The first-order valence-corrected chi connectivity index (χ1v) is 12.1. The Morgan fingerprint density at radius 3 is 2.63 bits per heavy atom. The summed E-state index contributed by atoms with van der Waals surface area (Å²) in [5.41, 5.74) is 7.49. The summed E-state index contributed by atoms with van der Waals surface area (Å²) >= 11 is 0. The maximum atomic E-state index is 8.75. The molecule has 174 valence electrons. The second-order valence-electron chi connectivity index (χ2n) is 9.14. The molecule has 2 heterocycles. The molecule has 2 atom stereocenters. The number of hydrogen-bond acceptors (Lipinski definition) is 5. The van der Waals surface area contributed by atoms with Crippen molar-refractivity contribution in [3.05, 3.63) is 113 Å². The summed E-state index contributed by atoms with van der Waals surface area (Å²) in [5, 5.41) is 12.2. The number of fused-ring (bicyclic) bond motifs is 2. The molecule has 0 amide bonds. The fraction of sp³-hybridized carbons (Fsp3) is 0.200. The van der Waals surface area contributed by atoms with Crippen LogP contribution in [0.2, 0.25) is 0 Å². The monoisotopic (exact) mass is 461 g/mol. The summed E-state index contributed by atoms with van der Waals surface area (Å²) in [6.45, 7) is 2.04. The van der Waals surface area contributed by atoms with E-state index in [9.17, 15) is 0 Å². The predicted octanol–water partition coefficient (Wildman–Crippen LogP) is 7.20. The number of rotatable bonds is 5. The Morgan fingerprint density at radius 2 is 1.77 bits per heavy atom. The number of allylic oxidation sites excluding steroid dienone is 4. The van der Waals surface area contributed by atoms with E-state index >= 15 is 0 Å². The van der Waals surface area contributed by atoms with E-state index in [1.807, 2.05) is 67.6 Å². The molecule has 0 bridgehead atoms. The first kappa shape index (κ1) is 21.4. The van der Waals surface area contributed by atoms with Gasteiger partial charge in [0.2, 0.25) is 6.23 Å². The number of benzene rings is 3. The molecule has 5 heteroatoms. The summed E-state index contributed by atoms with van der Waals surface area (Å²) in [7, 11) is 0. The molecule has 1 aliphatic carbocycles. The van der Waals surface area contributed by atoms with Gasteiger partial charge in [0.15, 0.2) is 6.23 Å². The van der Waals surface area contributed by atoms with Crippen LogP contribution in [0.15, 0.2) is 95.7 Å². The van der Waals surface area contributed by atoms with Gasteiger partial charge in [-0.15, -0.1) is 0 Å². The van der Waals surface area contributed by atoms with Crippen molar-refractivity contribution in [2.24, 2.45) is 4.99 Å². The molecule has 2 aliphatic heterocycles. The lowest BCUT2D eigenvalue weighted by atomic mass is 9.99. The molecule has 0 aromatic heterocycles. The molecule has 3 aromatic carbocycles. The Bertz CT molecular complexity index is 1380. The fourth-order valence-electron chi connectivity index (χ4n) is 4.75. The average Bonchev–Trinajstić information content (AvgIpc) is 3.53. The molecule has 0 spiro atoms. The number of aliphatic imine (C=N–C) groups is 1. The van der Waals surface area contributed by atoms with E-state index in [1.165, 1.54) is 0 Å². The number of nitrogens with one attached hydrogen (secondary N) is 2. The number of para-hydroxylation sites is 2. The van der Waals surface area contributed by atoms with Gasteiger partial charge in [-0.1, -0.05) is 48.5 Å². The highest BCUT2D eigenvalue weighted by molar-refractivity contribution is 6.10. The Morgan fingerprint density at radius 1 is 0.971 bits per heavy atom. The van der Waals surface area contributed by atoms with Crippen LogP contribution in [-0.4, -0.2) is 11.4 Å². The van der Waals surface area contributed by atoms with Gasteiger partial charge < -0.3 is 20.2 Å². The van der Waals surface area contributed by atoms with Crippen molar-refractivity contribution in [2.75, 3.05) is 5.32 Å². The average molecular weight is 462 g/mol. The van der Waals surface area contributed by atoms with Crippen molar-refractivity contribution >= 4 is 22.7 Å². The Balaban J connectivity index is 1.20. The van der Waals surface area contributed by atoms with Gasteiger partial charge in [0.05, 0.1) is 17.1 Å². The number of ether oxygens (including phenoxy) is 2. The van der Waals surface area contributed by atoms with E-state index in [-0.39, 0.29) is 12.5 Å². The molecule has 35 heavy (non-hydrogen) atoms. The van der Waals surface area contributed by atoms with Crippen molar-refractivity contribution < 1.29 is 9.47 Å². The van der Waals surface area contributed by atoms with Crippen molar-refractivity contribution in [1.82, 2.24) is 0 Å². The van der Waals surface area contributed by atoms with Crippen LogP contribution in [0.25, 0.3) is 5.57 Å². The third-order valence-electron chi connectivity index (χ3n) is 6.65. The minimum Gasteiger partial charge on any atom is -0.464 e. The minimum absolute atomic E-state index is 0.219. The standard InChI is InChI=1S/C30H27N3O2/c1-19(20-8-6-10-22(17-20)29-32-25-12-2-4-14-27(25)34-29)16-24(31)21-9-7-11-23(18-21)30-33-26-13-3-5-15-28(26)35-30/h2,4,6-12,14-18,29-32H,3,5,13H2,1H3. The number of nitrogens with zero attached hydrogens (tertiary/aromatic N) is 1. The first-order valence-electron chi connectivity index (χ1n) is 12.1. The quantitative estimate of drug-likeness (QED) is 0.395. The number of anilines is 1. The van der Waals surface area contributed by atoms with Gasteiger partial charge in [0, 0.05) is 11.1 Å². The predicted molar refractivity (Wildman–Crippen MR) is 140 cm³/mol. The van der Waals surface area contributed by atoms with Gasteiger partial charge in [0.25, 0.3) is 0 Å². The molecule has 6 rings (SSSR count). The van der Waals surface area contributed by atoms with Gasteiger partial charge in [-0.05, 0) is 79.3 Å². The molecular weight excluding hydrogens is 434 g/mol. The molecule has 5 nitrogen and oxygen atoms in total. The van der Waals surface area contributed by atoms with E-state index in [0.717, 1.165) is 70.0 Å². The molecule has 3 aromatic rings. The summed E-state index contributed by atoms with van der Waals surface area (Å²) in [5.74, 6) is 1.80. The smallest absolute Gasteiger partial charge is 0.216 e. The SMILES string of the molecule is CC(=CC(=N)c1cccc(C2N=C3CCCC=C3O2)c1)c1cccc(C2Nc3ccccc3O2)c1. The van der Waals surface area contributed by atoms with Gasteiger partial charge in [0.1, 0.15) is 11.5 Å². The van der Waals surface area contributed by atoms with Crippen molar-refractivity contribution in [1.29, 1.82) is 5.41 Å². The maximum absolute atomic E-state index is 8.75.